The maximum Gasteiger partial charge on any atom is 0.228 e. The van der Waals surface area contributed by atoms with Crippen molar-refractivity contribution in [3.8, 4) is 0 Å². The van der Waals surface area contributed by atoms with Crippen LogP contribution in [0.5, 0.6) is 0 Å². The molecule has 1 aliphatic rings. The van der Waals surface area contributed by atoms with Crippen molar-refractivity contribution in [3.05, 3.63) is 69.9 Å². The second-order valence-corrected chi connectivity index (χ2v) is 5.67. The smallest absolute Gasteiger partial charge is 0.228 e. The summed E-state index contributed by atoms with van der Waals surface area (Å²) in [5.41, 5.74) is 3.78. The van der Waals surface area contributed by atoms with Crippen molar-refractivity contribution in [2.45, 2.75) is 26.7 Å². The Morgan fingerprint density at radius 2 is 2.23 bits per heavy atom. The van der Waals surface area contributed by atoms with Crippen molar-refractivity contribution >= 4 is 24.8 Å². The maximum absolute atomic E-state index is 12.1. The van der Waals surface area contributed by atoms with Gasteiger partial charge in [0, 0.05) is 23.2 Å². The molecule has 0 spiro atoms. The van der Waals surface area contributed by atoms with E-state index >= 15 is 0 Å². The van der Waals surface area contributed by atoms with Crippen LogP contribution in [0.3, 0.4) is 0 Å². The van der Waals surface area contributed by atoms with Crippen LogP contribution in [0.1, 0.15) is 24.5 Å². The number of aryl methyl sites for hydroxylation is 1. The quantitative estimate of drug-likeness (QED) is 0.645. The second kappa shape index (κ2) is 7.80. The number of allylic oxidation sites excluding steroid dienone is 4. The fraction of sp³-hybridized carbons (Fsp3) is 0.222. The molecule has 4 heteroatoms. The first-order chi connectivity index (χ1) is 10.6. The highest BCUT2D eigenvalue weighted by molar-refractivity contribution is 7.84. The van der Waals surface area contributed by atoms with Crippen LogP contribution < -0.4 is 5.32 Å². The number of thiol groups is 1. The minimum absolute atomic E-state index is 0.0235. The number of nitrogens with zero attached hydrogens (tertiary/aromatic N) is 1. The Bertz CT molecular complexity index is 684. The summed E-state index contributed by atoms with van der Waals surface area (Å²) >= 11 is 4.44. The Balaban J connectivity index is 2.00. The lowest BCUT2D eigenvalue weighted by Gasteiger charge is -2.06. The summed E-state index contributed by atoms with van der Waals surface area (Å²) in [5.74, 6) is -0.0235. The van der Waals surface area contributed by atoms with Gasteiger partial charge in [-0.1, -0.05) is 35.9 Å². The number of benzene rings is 1. The van der Waals surface area contributed by atoms with Crippen LogP contribution in [0, 0.1) is 6.92 Å². The van der Waals surface area contributed by atoms with Crippen molar-refractivity contribution in [3.63, 3.8) is 0 Å². The Hall–Kier alpha value is -2.07. The van der Waals surface area contributed by atoms with Gasteiger partial charge in [-0.2, -0.15) is 0 Å². The van der Waals surface area contributed by atoms with Gasteiger partial charge in [0.05, 0.1) is 12.1 Å². The van der Waals surface area contributed by atoms with Crippen molar-refractivity contribution in [2.24, 2.45) is 4.99 Å². The number of nitrogens with one attached hydrogen (secondary N) is 1. The largest absolute Gasteiger partial charge is 0.326 e. The third-order valence-corrected chi connectivity index (χ3v) is 3.64. The van der Waals surface area contributed by atoms with E-state index in [1.807, 2.05) is 56.3 Å². The molecule has 114 valence electrons. The van der Waals surface area contributed by atoms with E-state index < -0.39 is 0 Å². The van der Waals surface area contributed by atoms with E-state index in [0.717, 1.165) is 27.4 Å². The van der Waals surface area contributed by atoms with Gasteiger partial charge in [0.25, 0.3) is 0 Å². The van der Waals surface area contributed by atoms with Gasteiger partial charge in [0.15, 0.2) is 0 Å². The molecular weight excluding hydrogens is 292 g/mol. The SMILES string of the molecule is CC=NC1=C(S)CC=C(NC(=O)Cc2cccc(C)c2)C=C1. The second-order valence-electron chi connectivity index (χ2n) is 5.13. The number of amides is 1. The number of carbonyl (C=O) groups is 1. The molecule has 1 aromatic rings. The molecule has 0 aliphatic heterocycles. The zero-order valence-electron chi connectivity index (χ0n) is 12.8. The van der Waals surface area contributed by atoms with Gasteiger partial charge in [0.2, 0.25) is 5.91 Å². The summed E-state index contributed by atoms with van der Waals surface area (Å²) in [5, 5.41) is 2.93. The Labute approximate surface area is 136 Å². The van der Waals surface area contributed by atoms with Gasteiger partial charge < -0.3 is 5.32 Å². The summed E-state index contributed by atoms with van der Waals surface area (Å²) in [6.07, 6.45) is 8.44. The molecule has 0 radical (unpaired) electrons. The summed E-state index contributed by atoms with van der Waals surface area (Å²) in [4.78, 5) is 17.3. The molecule has 0 aromatic heterocycles. The molecule has 22 heavy (non-hydrogen) atoms. The highest BCUT2D eigenvalue weighted by atomic mass is 32.1. The average molecular weight is 312 g/mol. The minimum atomic E-state index is -0.0235. The summed E-state index contributed by atoms with van der Waals surface area (Å²) in [6, 6.07) is 7.98. The molecular formula is C18H20N2OS. The first-order valence-corrected chi connectivity index (χ1v) is 7.67. The molecule has 0 saturated heterocycles. The van der Waals surface area contributed by atoms with E-state index in [2.05, 4.69) is 22.9 Å². The van der Waals surface area contributed by atoms with Gasteiger partial charge in [-0.3, -0.25) is 9.79 Å². The van der Waals surface area contributed by atoms with Crippen molar-refractivity contribution in [1.82, 2.24) is 5.32 Å². The lowest BCUT2D eigenvalue weighted by atomic mass is 10.1. The summed E-state index contributed by atoms with van der Waals surface area (Å²) < 4.78 is 0. The monoisotopic (exact) mass is 312 g/mol. The standard InChI is InChI=1S/C18H20N2OS/c1-3-19-16-9-7-15(8-10-17(16)22)20-18(21)12-14-6-4-5-13(2)11-14/h3-9,11,22H,10,12H2,1-2H3,(H,20,21). The topological polar surface area (TPSA) is 41.5 Å². The van der Waals surface area contributed by atoms with Crippen molar-refractivity contribution in [1.29, 1.82) is 0 Å². The normalized spacial score (nSPS) is 15.0. The molecule has 0 saturated carbocycles. The predicted octanol–water partition coefficient (Wildman–Crippen LogP) is 3.73. The van der Waals surface area contributed by atoms with E-state index in [1.54, 1.807) is 6.21 Å². The first kappa shape index (κ1) is 16.3. The molecule has 3 nitrogen and oxygen atoms in total. The van der Waals surface area contributed by atoms with Crippen molar-refractivity contribution < 1.29 is 4.79 Å². The van der Waals surface area contributed by atoms with Crippen LogP contribution in [0.25, 0.3) is 0 Å². The molecule has 0 atom stereocenters. The molecule has 0 fully saturated rings. The number of hydrogen-bond acceptors (Lipinski definition) is 3. The maximum atomic E-state index is 12.1. The van der Waals surface area contributed by atoms with Gasteiger partial charge in [-0.05, 0) is 31.6 Å². The van der Waals surface area contributed by atoms with Gasteiger partial charge in [0.1, 0.15) is 0 Å². The van der Waals surface area contributed by atoms with Crippen LogP contribution in [-0.4, -0.2) is 12.1 Å². The molecule has 0 heterocycles. The fourth-order valence-electron chi connectivity index (χ4n) is 2.21. The zero-order chi connectivity index (χ0) is 15.9. The number of carbonyl (C=O) groups excluding carboxylic acids is 1. The van der Waals surface area contributed by atoms with Crippen LogP contribution >= 0.6 is 12.6 Å². The Morgan fingerprint density at radius 3 is 2.95 bits per heavy atom. The summed E-state index contributed by atoms with van der Waals surface area (Å²) in [7, 11) is 0. The minimum Gasteiger partial charge on any atom is -0.326 e. The Morgan fingerprint density at radius 1 is 1.41 bits per heavy atom. The lowest BCUT2D eigenvalue weighted by Crippen LogP contribution is -2.23. The van der Waals surface area contributed by atoms with Crippen LogP contribution in [-0.2, 0) is 11.2 Å². The van der Waals surface area contributed by atoms with E-state index in [4.69, 9.17) is 0 Å². The van der Waals surface area contributed by atoms with Crippen LogP contribution in [0.15, 0.2) is 63.8 Å². The lowest BCUT2D eigenvalue weighted by molar-refractivity contribution is -0.119. The number of rotatable bonds is 4. The van der Waals surface area contributed by atoms with Gasteiger partial charge >= 0.3 is 0 Å². The van der Waals surface area contributed by atoms with Crippen LogP contribution in [0.2, 0.25) is 0 Å². The number of aliphatic imine (C=N–C) groups is 1. The molecule has 2 rings (SSSR count). The van der Waals surface area contributed by atoms with E-state index in [-0.39, 0.29) is 5.91 Å². The zero-order valence-corrected chi connectivity index (χ0v) is 13.7. The molecule has 1 aromatic carbocycles. The first-order valence-electron chi connectivity index (χ1n) is 7.23. The number of hydrogen-bond donors (Lipinski definition) is 2. The third-order valence-electron chi connectivity index (χ3n) is 3.23. The van der Waals surface area contributed by atoms with Crippen LogP contribution in [0.4, 0.5) is 0 Å². The molecule has 1 aliphatic carbocycles. The highest BCUT2D eigenvalue weighted by Crippen LogP contribution is 2.20. The Kier molecular flexibility index (Phi) is 5.78. The predicted molar refractivity (Wildman–Crippen MR) is 95.0 cm³/mol. The molecule has 0 unspecified atom stereocenters. The third kappa shape index (κ3) is 4.74. The van der Waals surface area contributed by atoms with Gasteiger partial charge in [-0.15, -0.1) is 12.6 Å². The summed E-state index contributed by atoms with van der Waals surface area (Å²) in [6.45, 7) is 3.89. The van der Waals surface area contributed by atoms with Gasteiger partial charge in [-0.25, -0.2) is 0 Å². The average Bonchev–Trinajstić information content (AvgIpc) is 2.63. The molecule has 0 bridgehead atoms. The van der Waals surface area contributed by atoms with E-state index in [1.165, 1.54) is 0 Å². The molecule has 1 amide bonds. The highest BCUT2D eigenvalue weighted by Gasteiger charge is 2.08. The fourth-order valence-corrected chi connectivity index (χ4v) is 2.43. The molecule has 1 N–H and O–H groups in total. The van der Waals surface area contributed by atoms with Crippen molar-refractivity contribution in [2.75, 3.05) is 0 Å². The van der Waals surface area contributed by atoms with E-state index in [9.17, 15) is 4.79 Å². The van der Waals surface area contributed by atoms with E-state index in [0.29, 0.717) is 12.8 Å².